The first-order valence-corrected chi connectivity index (χ1v) is 6.61. The van der Waals surface area contributed by atoms with Crippen LogP contribution in [0.15, 0.2) is 54.2 Å². The van der Waals surface area contributed by atoms with E-state index < -0.39 is 0 Å². The quantitative estimate of drug-likeness (QED) is 0.436. The number of nitrogens with one attached hydrogen (secondary N) is 1. The molecule has 21 heavy (non-hydrogen) atoms. The molecule has 0 fully saturated rings. The number of fused-ring (bicyclic) bond motifs is 1. The number of hydrogen-bond acceptors (Lipinski definition) is 4. The first-order valence-electron chi connectivity index (χ1n) is 6.20. The van der Waals surface area contributed by atoms with E-state index in [1.54, 1.807) is 18.7 Å². The number of hydrogen-bond donors (Lipinski definition) is 2. The van der Waals surface area contributed by atoms with Crippen LogP contribution in [0.25, 0.3) is 16.7 Å². The molecule has 104 valence electrons. The van der Waals surface area contributed by atoms with Gasteiger partial charge < -0.3 is 5.73 Å². The summed E-state index contributed by atoms with van der Waals surface area (Å²) in [6.45, 7) is 0. The average molecular weight is 296 g/mol. The number of nitrogens with zero attached hydrogens (tertiary/aromatic N) is 4. The van der Waals surface area contributed by atoms with E-state index in [1.807, 2.05) is 41.1 Å². The Balaban J connectivity index is 2.11. The lowest BCUT2D eigenvalue weighted by Gasteiger charge is -2.07. The summed E-state index contributed by atoms with van der Waals surface area (Å²) in [6, 6.07) is 9.77. The van der Waals surface area contributed by atoms with Crippen LogP contribution >= 0.6 is 12.2 Å². The lowest BCUT2D eigenvalue weighted by molar-refractivity contribution is 1.00. The molecule has 3 N–H and O–H groups in total. The minimum absolute atomic E-state index is 0.124. The number of para-hydroxylation sites is 1. The van der Waals surface area contributed by atoms with Crippen molar-refractivity contribution in [2.75, 3.05) is 0 Å². The number of pyridine rings is 1. The maximum Gasteiger partial charge on any atom is 0.184 e. The zero-order chi connectivity index (χ0) is 14.7. The van der Waals surface area contributed by atoms with Gasteiger partial charge in [-0.25, -0.2) is 9.97 Å². The van der Waals surface area contributed by atoms with Crippen LogP contribution in [0.1, 0.15) is 5.56 Å². The Morgan fingerprint density at radius 3 is 3.00 bits per heavy atom. The summed E-state index contributed by atoms with van der Waals surface area (Å²) >= 11 is 4.73. The molecule has 0 bridgehead atoms. The monoisotopic (exact) mass is 296 g/mol. The van der Waals surface area contributed by atoms with E-state index in [2.05, 4.69) is 20.5 Å². The molecule has 3 aromatic rings. The molecule has 0 radical (unpaired) electrons. The van der Waals surface area contributed by atoms with Gasteiger partial charge in [-0.05, 0) is 24.4 Å². The fourth-order valence-corrected chi connectivity index (χ4v) is 2.04. The van der Waals surface area contributed by atoms with Crippen LogP contribution in [0.4, 0.5) is 0 Å². The SMILES string of the molecule is NC(=S)NN=Cc1cc(-n2ccnc2)nc2ccccc12. The number of benzene rings is 1. The Hall–Kier alpha value is -2.80. The van der Waals surface area contributed by atoms with Crippen molar-refractivity contribution < 1.29 is 0 Å². The smallest absolute Gasteiger partial charge is 0.184 e. The van der Waals surface area contributed by atoms with Crippen LogP contribution in [0.3, 0.4) is 0 Å². The second-order valence-corrected chi connectivity index (χ2v) is 4.73. The first kappa shape index (κ1) is 13.2. The van der Waals surface area contributed by atoms with Gasteiger partial charge in [0.25, 0.3) is 0 Å². The molecular weight excluding hydrogens is 284 g/mol. The zero-order valence-electron chi connectivity index (χ0n) is 11.0. The highest BCUT2D eigenvalue weighted by molar-refractivity contribution is 7.80. The maximum absolute atomic E-state index is 5.36. The molecule has 0 atom stereocenters. The maximum atomic E-state index is 5.36. The number of imidazole rings is 1. The van der Waals surface area contributed by atoms with Crippen molar-refractivity contribution in [1.29, 1.82) is 0 Å². The van der Waals surface area contributed by atoms with Crippen molar-refractivity contribution in [1.82, 2.24) is 20.0 Å². The molecule has 2 heterocycles. The van der Waals surface area contributed by atoms with E-state index in [4.69, 9.17) is 18.0 Å². The van der Waals surface area contributed by atoms with Crippen LogP contribution in [0.5, 0.6) is 0 Å². The molecule has 0 unspecified atom stereocenters. The molecule has 0 aliphatic carbocycles. The van der Waals surface area contributed by atoms with Crippen molar-refractivity contribution in [3.05, 3.63) is 54.6 Å². The Labute approximate surface area is 126 Å². The molecule has 0 aliphatic heterocycles. The van der Waals surface area contributed by atoms with Gasteiger partial charge in [0, 0.05) is 23.3 Å². The van der Waals surface area contributed by atoms with E-state index in [9.17, 15) is 0 Å². The molecule has 2 aromatic heterocycles. The van der Waals surface area contributed by atoms with Crippen LogP contribution < -0.4 is 11.2 Å². The summed E-state index contributed by atoms with van der Waals surface area (Å²) in [6.07, 6.45) is 6.92. The predicted octanol–water partition coefficient (Wildman–Crippen LogP) is 1.59. The molecule has 0 saturated carbocycles. The third kappa shape index (κ3) is 2.87. The summed E-state index contributed by atoms with van der Waals surface area (Å²) in [4.78, 5) is 8.65. The largest absolute Gasteiger partial charge is 0.375 e. The van der Waals surface area contributed by atoms with Gasteiger partial charge in [-0.2, -0.15) is 5.10 Å². The minimum atomic E-state index is 0.124. The van der Waals surface area contributed by atoms with Gasteiger partial charge in [0.1, 0.15) is 12.1 Å². The van der Waals surface area contributed by atoms with Crippen LogP contribution in [0.2, 0.25) is 0 Å². The second-order valence-electron chi connectivity index (χ2n) is 4.29. The lowest BCUT2D eigenvalue weighted by Crippen LogP contribution is -2.24. The van der Waals surface area contributed by atoms with Crippen LogP contribution in [0, 0.1) is 0 Å². The average Bonchev–Trinajstić information content (AvgIpc) is 3.01. The van der Waals surface area contributed by atoms with Gasteiger partial charge in [-0.3, -0.25) is 9.99 Å². The van der Waals surface area contributed by atoms with E-state index >= 15 is 0 Å². The van der Waals surface area contributed by atoms with Gasteiger partial charge in [-0.15, -0.1) is 0 Å². The first-order chi connectivity index (χ1) is 10.2. The van der Waals surface area contributed by atoms with E-state index in [1.165, 1.54) is 0 Å². The fraction of sp³-hybridized carbons (Fsp3) is 0. The third-order valence-electron chi connectivity index (χ3n) is 2.88. The molecular formula is C14H12N6S. The second kappa shape index (κ2) is 5.68. The van der Waals surface area contributed by atoms with Gasteiger partial charge in [0.05, 0.1) is 11.7 Å². The normalized spacial score (nSPS) is 11.0. The highest BCUT2D eigenvalue weighted by atomic mass is 32.1. The van der Waals surface area contributed by atoms with Crippen molar-refractivity contribution in [3.8, 4) is 5.82 Å². The minimum Gasteiger partial charge on any atom is -0.375 e. The van der Waals surface area contributed by atoms with Crippen molar-refractivity contribution in [2.24, 2.45) is 10.8 Å². The Kier molecular flexibility index (Phi) is 3.57. The molecule has 0 spiro atoms. The Morgan fingerprint density at radius 2 is 2.24 bits per heavy atom. The van der Waals surface area contributed by atoms with E-state index in [-0.39, 0.29) is 5.11 Å². The lowest BCUT2D eigenvalue weighted by atomic mass is 10.1. The van der Waals surface area contributed by atoms with Crippen LogP contribution in [-0.2, 0) is 0 Å². The topological polar surface area (TPSA) is 81.1 Å². The molecule has 1 aromatic carbocycles. The molecule has 0 aliphatic rings. The summed E-state index contributed by atoms with van der Waals surface area (Å²) in [5.41, 5.74) is 9.70. The molecule has 0 amide bonds. The van der Waals surface area contributed by atoms with Gasteiger partial charge in [0.2, 0.25) is 0 Å². The zero-order valence-corrected chi connectivity index (χ0v) is 11.8. The third-order valence-corrected chi connectivity index (χ3v) is 2.97. The Morgan fingerprint density at radius 1 is 1.38 bits per heavy atom. The number of nitrogens with two attached hydrogens (primary N) is 1. The van der Waals surface area contributed by atoms with Crippen molar-refractivity contribution >= 4 is 34.4 Å². The van der Waals surface area contributed by atoms with Crippen molar-refractivity contribution in [2.45, 2.75) is 0 Å². The summed E-state index contributed by atoms with van der Waals surface area (Å²) in [7, 11) is 0. The molecule has 0 saturated heterocycles. The summed E-state index contributed by atoms with van der Waals surface area (Å²) < 4.78 is 1.84. The van der Waals surface area contributed by atoms with E-state index in [0.29, 0.717) is 0 Å². The van der Waals surface area contributed by atoms with Gasteiger partial charge >= 0.3 is 0 Å². The van der Waals surface area contributed by atoms with E-state index in [0.717, 1.165) is 22.3 Å². The number of thiocarbonyl (C=S) groups is 1. The van der Waals surface area contributed by atoms with Crippen molar-refractivity contribution in [3.63, 3.8) is 0 Å². The summed E-state index contributed by atoms with van der Waals surface area (Å²) in [5, 5.41) is 5.14. The summed E-state index contributed by atoms with van der Waals surface area (Å²) in [5.74, 6) is 0.767. The Bertz CT molecular complexity index is 809. The fourth-order valence-electron chi connectivity index (χ4n) is 1.99. The predicted molar refractivity (Wildman–Crippen MR) is 86.4 cm³/mol. The molecule has 3 rings (SSSR count). The number of rotatable bonds is 3. The van der Waals surface area contributed by atoms with Crippen LogP contribution in [-0.4, -0.2) is 25.9 Å². The number of hydrazone groups is 1. The highest BCUT2D eigenvalue weighted by Crippen LogP contribution is 2.18. The highest BCUT2D eigenvalue weighted by Gasteiger charge is 2.05. The standard InChI is InChI=1S/C14H12N6S/c15-14(21)19-17-8-10-7-13(20-6-5-16-9-20)18-12-4-2-1-3-11(10)12/h1-9H,(H3,15,19,21). The molecule has 7 heteroatoms. The molecule has 6 nitrogen and oxygen atoms in total. The van der Waals surface area contributed by atoms with Gasteiger partial charge in [0.15, 0.2) is 5.11 Å². The van der Waals surface area contributed by atoms with Gasteiger partial charge in [-0.1, -0.05) is 18.2 Å². The number of aromatic nitrogens is 3.